The summed E-state index contributed by atoms with van der Waals surface area (Å²) in [6, 6.07) is 0. The van der Waals surface area contributed by atoms with Gasteiger partial charge in [-0.3, -0.25) is 0 Å². The number of nitrogens with zero attached hydrogens (tertiary/aromatic N) is 1. The highest BCUT2D eigenvalue weighted by atomic mass is 16.7. The Bertz CT molecular complexity index is 241. The lowest BCUT2D eigenvalue weighted by Gasteiger charge is -2.32. The van der Waals surface area contributed by atoms with E-state index in [1.54, 1.807) is 0 Å². The number of hydrogen-bond acceptors (Lipinski definition) is 2. The molecular formula is C10H18BNO2. The van der Waals surface area contributed by atoms with E-state index in [9.17, 15) is 0 Å². The third-order valence-corrected chi connectivity index (χ3v) is 3.12. The SMILES string of the molecule is [C-]#[N+]CC(C)B1OC(C)(C)C(C)(C)O1. The minimum absolute atomic E-state index is 0.133. The largest absolute Gasteiger partial charge is 0.468 e. The predicted octanol–water partition coefficient (Wildman–Crippen LogP) is 2.39. The van der Waals surface area contributed by atoms with Gasteiger partial charge in [-0.05, 0) is 27.7 Å². The summed E-state index contributed by atoms with van der Waals surface area (Å²) in [7, 11) is -0.242. The molecule has 0 radical (unpaired) electrons. The lowest BCUT2D eigenvalue weighted by Crippen LogP contribution is -2.41. The Morgan fingerprint density at radius 1 is 1.21 bits per heavy atom. The molecule has 1 rings (SSSR count). The van der Waals surface area contributed by atoms with Crippen LogP contribution in [0.4, 0.5) is 0 Å². The second kappa shape index (κ2) is 3.56. The first-order valence-corrected chi connectivity index (χ1v) is 4.99. The van der Waals surface area contributed by atoms with Crippen molar-refractivity contribution in [1.29, 1.82) is 0 Å². The molecule has 4 heteroatoms. The van der Waals surface area contributed by atoms with Crippen LogP contribution in [-0.4, -0.2) is 24.9 Å². The summed E-state index contributed by atoms with van der Waals surface area (Å²) < 4.78 is 11.6. The fourth-order valence-corrected chi connectivity index (χ4v) is 1.35. The minimum atomic E-state index is -0.284. The van der Waals surface area contributed by atoms with Crippen LogP contribution in [-0.2, 0) is 9.31 Å². The molecule has 1 fully saturated rings. The van der Waals surface area contributed by atoms with Crippen molar-refractivity contribution in [3.63, 3.8) is 0 Å². The molecule has 0 aromatic carbocycles. The van der Waals surface area contributed by atoms with E-state index in [0.29, 0.717) is 6.54 Å². The summed E-state index contributed by atoms with van der Waals surface area (Å²) in [6.45, 7) is 17.4. The molecule has 0 aliphatic carbocycles. The van der Waals surface area contributed by atoms with Gasteiger partial charge in [0, 0.05) is 0 Å². The highest BCUT2D eigenvalue weighted by Gasteiger charge is 2.53. The molecule has 0 N–H and O–H groups in total. The molecule has 1 aliphatic rings. The van der Waals surface area contributed by atoms with Crippen molar-refractivity contribution >= 4 is 7.12 Å². The molecule has 1 unspecified atom stereocenters. The Balaban J connectivity index is 2.69. The van der Waals surface area contributed by atoms with Gasteiger partial charge in [0.05, 0.1) is 17.0 Å². The second-order valence-corrected chi connectivity index (χ2v) is 4.94. The zero-order chi connectivity index (χ0) is 11.0. The van der Waals surface area contributed by atoms with Crippen LogP contribution in [0.5, 0.6) is 0 Å². The monoisotopic (exact) mass is 195 g/mol. The van der Waals surface area contributed by atoms with Crippen LogP contribution in [0, 0.1) is 6.57 Å². The smallest absolute Gasteiger partial charge is 0.403 e. The van der Waals surface area contributed by atoms with Crippen LogP contribution >= 0.6 is 0 Å². The summed E-state index contributed by atoms with van der Waals surface area (Å²) in [5.41, 5.74) is -0.568. The first-order chi connectivity index (χ1) is 6.30. The summed E-state index contributed by atoms with van der Waals surface area (Å²) in [6.07, 6.45) is 0. The van der Waals surface area contributed by atoms with E-state index in [1.807, 2.05) is 34.6 Å². The molecule has 0 amide bonds. The third-order valence-electron chi connectivity index (χ3n) is 3.12. The van der Waals surface area contributed by atoms with E-state index in [4.69, 9.17) is 15.9 Å². The van der Waals surface area contributed by atoms with Gasteiger partial charge in [-0.25, -0.2) is 6.57 Å². The minimum Gasteiger partial charge on any atom is -0.403 e. The molecule has 3 nitrogen and oxygen atoms in total. The Kier molecular flexibility index (Phi) is 2.94. The van der Waals surface area contributed by atoms with Crippen molar-refractivity contribution in [2.75, 3.05) is 6.54 Å². The zero-order valence-corrected chi connectivity index (χ0v) is 9.63. The van der Waals surface area contributed by atoms with Crippen LogP contribution in [0.25, 0.3) is 4.85 Å². The van der Waals surface area contributed by atoms with Crippen LogP contribution < -0.4 is 0 Å². The molecule has 0 saturated carbocycles. The summed E-state index contributed by atoms with van der Waals surface area (Å²) >= 11 is 0. The standard InChI is InChI=1S/C10H18BNO2/c1-8(7-12-6)11-13-9(2,3)10(4,5)14-11/h8H,7H2,1-5H3. The number of rotatable bonds is 2. The van der Waals surface area contributed by atoms with Gasteiger partial charge in [0.25, 0.3) is 0 Å². The molecule has 78 valence electrons. The molecule has 1 atom stereocenters. The fourth-order valence-electron chi connectivity index (χ4n) is 1.35. The van der Waals surface area contributed by atoms with E-state index < -0.39 is 0 Å². The molecule has 14 heavy (non-hydrogen) atoms. The fraction of sp³-hybridized carbons (Fsp3) is 0.900. The topological polar surface area (TPSA) is 22.8 Å². The molecular weight excluding hydrogens is 177 g/mol. The molecule has 0 aromatic rings. The molecule has 1 aliphatic heterocycles. The van der Waals surface area contributed by atoms with Gasteiger partial charge in [-0.1, -0.05) is 6.92 Å². The van der Waals surface area contributed by atoms with E-state index >= 15 is 0 Å². The Labute approximate surface area is 86.7 Å². The van der Waals surface area contributed by atoms with Gasteiger partial charge in [0.2, 0.25) is 6.54 Å². The van der Waals surface area contributed by atoms with Crippen LogP contribution in [0.2, 0.25) is 5.82 Å². The maximum Gasteiger partial charge on any atom is 0.468 e. The van der Waals surface area contributed by atoms with E-state index in [2.05, 4.69) is 4.85 Å². The maximum absolute atomic E-state index is 6.81. The highest BCUT2D eigenvalue weighted by Crippen LogP contribution is 2.39. The van der Waals surface area contributed by atoms with Crippen LogP contribution in [0.3, 0.4) is 0 Å². The molecule has 1 saturated heterocycles. The summed E-state index contributed by atoms with van der Waals surface area (Å²) in [5.74, 6) is 0.133. The lowest BCUT2D eigenvalue weighted by atomic mass is 9.73. The van der Waals surface area contributed by atoms with Crippen molar-refractivity contribution in [3.05, 3.63) is 11.4 Å². The molecule has 0 aromatic heterocycles. The van der Waals surface area contributed by atoms with Crippen molar-refractivity contribution in [2.24, 2.45) is 0 Å². The second-order valence-electron chi connectivity index (χ2n) is 4.94. The average Bonchev–Trinajstić information content (AvgIpc) is 2.22. The first kappa shape index (κ1) is 11.5. The van der Waals surface area contributed by atoms with Gasteiger partial charge in [-0.15, -0.1) is 0 Å². The van der Waals surface area contributed by atoms with Crippen LogP contribution in [0.1, 0.15) is 34.6 Å². The van der Waals surface area contributed by atoms with E-state index in [-0.39, 0.29) is 24.1 Å². The summed E-state index contributed by atoms with van der Waals surface area (Å²) in [5, 5.41) is 0. The Morgan fingerprint density at radius 3 is 2.00 bits per heavy atom. The summed E-state index contributed by atoms with van der Waals surface area (Å²) in [4.78, 5) is 3.37. The third kappa shape index (κ3) is 1.94. The molecule has 1 heterocycles. The molecule has 0 spiro atoms. The number of hydrogen-bond donors (Lipinski definition) is 0. The molecule has 0 bridgehead atoms. The van der Waals surface area contributed by atoms with E-state index in [0.717, 1.165) is 0 Å². The van der Waals surface area contributed by atoms with Gasteiger partial charge >= 0.3 is 7.12 Å². The van der Waals surface area contributed by atoms with Crippen LogP contribution in [0.15, 0.2) is 0 Å². The van der Waals surface area contributed by atoms with Gasteiger partial charge in [-0.2, -0.15) is 0 Å². The van der Waals surface area contributed by atoms with Gasteiger partial charge in [0.1, 0.15) is 0 Å². The van der Waals surface area contributed by atoms with Gasteiger partial charge < -0.3 is 14.2 Å². The first-order valence-electron chi connectivity index (χ1n) is 4.99. The van der Waals surface area contributed by atoms with E-state index in [1.165, 1.54) is 0 Å². The van der Waals surface area contributed by atoms with Crippen molar-refractivity contribution in [3.8, 4) is 0 Å². The van der Waals surface area contributed by atoms with Crippen molar-refractivity contribution in [2.45, 2.75) is 51.6 Å². The predicted molar refractivity (Wildman–Crippen MR) is 57.0 cm³/mol. The Morgan fingerprint density at radius 2 is 1.64 bits per heavy atom. The normalized spacial score (nSPS) is 25.9. The zero-order valence-electron chi connectivity index (χ0n) is 9.63. The quantitative estimate of drug-likeness (QED) is 0.498. The lowest BCUT2D eigenvalue weighted by molar-refractivity contribution is 0.00578. The highest BCUT2D eigenvalue weighted by molar-refractivity contribution is 6.47. The average molecular weight is 195 g/mol. The Hall–Kier alpha value is -0.525. The van der Waals surface area contributed by atoms with Crippen molar-refractivity contribution < 1.29 is 9.31 Å². The van der Waals surface area contributed by atoms with Crippen molar-refractivity contribution in [1.82, 2.24) is 0 Å². The maximum atomic E-state index is 6.81. The van der Waals surface area contributed by atoms with Gasteiger partial charge in [0.15, 0.2) is 0 Å².